The van der Waals surface area contributed by atoms with Crippen LogP contribution in [0.2, 0.25) is 0 Å². The van der Waals surface area contributed by atoms with E-state index in [2.05, 4.69) is 0 Å². The van der Waals surface area contributed by atoms with Crippen molar-refractivity contribution in [3.05, 3.63) is 95.4 Å². The molecule has 40 heavy (non-hydrogen) atoms. The number of morpholine rings is 1. The number of carbonyl (C=O) groups excluding carboxylic acids is 1. The van der Waals surface area contributed by atoms with E-state index in [9.17, 15) is 13.2 Å². The zero-order chi connectivity index (χ0) is 27.7. The molecule has 2 aromatic heterocycles. The third kappa shape index (κ3) is 5.28. The number of sulfonamides is 1. The monoisotopic (exact) mass is 592 g/mol. The molecule has 0 aliphatic carbocycles. The summed E-state index contributed by atoms with van der Waals surface area (Å²) >= 11 is 6.71. The van der Waals surface area contributed by atoms with E-state index < -0.39 is 10.0 Å². The highest BCUT2D eigenvalue weighted by Gasteiger charge is 2.33. The lowest BCUT2D eigenvalue weighted by molar-refractivity contribution is -0.122. The predicted octanol–water partition coefficient (Wildman–Crippen LogP) is 4.55. The minimum atomic E-state index is -3.71. The Balaban J connectivity index is 1.39. The van der Waals surface area contributed by atoms with E-state index in [-0.39, 0.29) is 17.3 Å². The molecule has 0 bridgehead atoms. The van der Waals surface area contributed by atoms with E-state index in [0.29, 0.717) is 58.1 Å². The van der Waals surface area contributed by atoms with E-state index in [1.54, 1.807) is 47.4 Å². The van der Waals surface area contributed by atoms with Gasteiger partial charge in [0.1, 0.15) is 15.8 Å². The number of carbonyl (C=O) groups is 1. The molecule has 2 aromatic carbocycles. The van der Waals surface area contributed by atoms with Gasteiger partial charge >= 0.3 is 0 Å². The van der Waals surface area contributed by atoms with Gasteiger partial charge in [-0.1, -0.05) is 54.3 Å². The molecule has 1 amide bonds. The van der Waals surface area contributed by atoms with Crippen molar-refractivity contribution in [2.24, 2.45) is 0 Å². The number of hydrogen-bond donors (Lipinski definition) is 0. The summed E-state index contributed by atoms with van der Waals surface area (Å²) in [4.78, 5) is 15.4. The maximum absolute atomic E-state index is 13.4. The van der Waals surface area contributed by atoms with Crippen LogP contribution in [0.3, 0.4) is 0 Å². The lowest BCUT2D eigenvalue weighted by Gasteiger charge is -2.26. The Labute approximate surface area is 241 Å². The molecule has 0 spiro atoms. The van der Waals surface area contributed by atoms with Crippen LogP contribution in [0.5, 0.6) is 0 Å². The maximum atomic E-state index is 13.4. The Hall–Kier alpha value is -3.55. The summed E-state index contributed by atoms with van der Waals surface area (Å²) in [5.41, 5.74) is 2.63. The fourth-order valence-corrected chi connectivity index (χ4v) is 7.21. The first-order chi connectivity index (χ1) is 19.4. The number of benzene rings is 2. The van der Waals surface area contributed by atoms with Crippen LogP contribution < -0.4 is 0 Å². The number of rotatable bonds is 7. The van der Waals surface area contributed by atoms with Crippen LogP contribution >= 0.6 is 24.0 Å². The molecule has 4 heterocycles. The van der Waals surface area contributed by atoms with Gasteiger partial charge in [-0.3, -0.25) is 9.69 Å². The molecule has 9 nitrogen and oxygen atoms in total. The molecule has 4 aromatic rings. The first-order valence-corrected chi connectivity index (χ1v) is 15.2. The molecule has 2 aliphatic rings. The van der Waals surface area contributed by atoms with Crippen LogP contribution in [0.1, 0.15) is 11.3 Å². The second kappa shape index (κ2) is 11.1. The molecule has 0 N–H and O–H groups in total. The zero-order valence-corrected chi connectivity index (χ0v) is 23.6. The third-order valence-electron chi connectivity index (χ3n) is 6.53. The van der Waals surface area contributed by atoms with Gasteiger partial charge in [-0.25, -0.2) is 13.1 Å². The Bertz CT molecular complexity index is 1690. The Kier molecular flexibility index (Phi) is 7.43. The van der Waals surface area contributed by atoms with E-state index in [1.807, 2.05) is 42.6 Å². The molecule has 0 saturated carbocycles. The van der Waals surface area contributed by atoms with Crippen LogP contribution in [0.25, 0.3) is 23.0 Å². The van der Waals surface area contributed by atoms with Crippen LogP contribution in [0, 0.1) is 0 Å². The minimum Gasteiger partial charge on any atom is -0.467 e. The molecule has 2 aliphatic heterocycles. The van der Waals surface area contributed by atoms with Crippen LogP contribution in [-0.4, -0.2) is 63.9 Å². The average molecular weight is 593 g/mol. The molecular formula is C28H24N4O5S3. The number of nitrogens with zero attached hydrogens (tertiary/aromatic N) is 4. The number of amides is 1. The third-order valence-corrected chi connectivity index (χ3v) is 9.81. The molecule has 0 radical (unpaired) electrons. The van der Waals surface area contributed by atoms with Crippen molar-refractivity contribution in [3.63, 3.8) is 0 Å². The first kappa shape index (κ1) is 26.7. The number of ether oxygens (including phenoxy) is 1. The first-order valence-electron chi connectivity index (χ1n) is 12.5. The molecule has 0 atom stereocenters. The number of hydrogen-bond acceptors (Lipinski definition) is 8. The SMILES string of the molecule is O=C1C(=Cc2cn(-c3ccccc3)nc2-c2cccc(S(=O)(=O)N3CCOCC3)c2)SC(=S)N1Cc1ccco1. The van der Waals surface area contributed by atoms with Gasteiger partial charge in [-0.15, -0.1) is 0 Å². The number of thiocarbonyl (C=S) groups is 1. The summed E-state index contributed by atoms with van der Waals surface area (Å²) in [5, 5.41) is 4.81. The smallest absolute Gasteiger partial charge is 0.266 e. The van der Waals surface area contributed by atoms with Gasteiger partial charge in [0.25, 0.3) is 5.91 Å². The quantitative estimate of drug-likeness (QED) is 0.228. The lowest BCUT2D eigenvalue weighted by Crippen LogP contribution is -2.40. The number of thioether (sulfide) groups is 1. The van der Waals surface area contributed by atoms with Crippen molar-refractivity contribution in [1.29, 1.82) is 0 Å². The molecule has 2 saturated heterocycles. The minimum absolute atomic E-state index is 0.178. The van der Waals surface area contributed by atoms with Crippen LogP contribution in [0.4, 0.5) is 0 Å². The van der Waals surface area contributed by atoms with Crippen molar-refractivity contribution in [2.75, 3.05) is 26.3 Å². The lowest BCUT2D eigenvalue weighted by atomic mass is 10.1. The van der Waals surface area contributed by atoms with Crippen molar-refractivity contribution in [1.82, 2.24) is 19.0 Å². The van der Waals surface area contributed by atoms with Gasteiger partial charge in [-0.05, 0) is 42.5 Å². The fraction of sp³-hybridized carbons (Fsp3) is 0.179. The van der Waals surface area contributed by atoms with E-state index in [0.717, 1.165) is 5.69 Å². The molecular weight excluding hydrogens is 569 g/mol. The number of para-hydroxylation sites is 1. The van der Waals surface area contributed by atoms with Crippen LogP contribution in [-0.2, 0) is 26.1 Å². The molecule has 204 valence electrons. The Morgan fingerprint density at radius 1 is 1.02 bits per heavy atom. The highest BCUT2D eigenvalue weighted by Crippen LogP contribution is 2.36. The zero-order valence-electron chi connectivity index (χ0n) is 21.2. The van der Waals surface area contributed by atoms with Gasteiger partial charge in [0.05, 0.1) is 41.5 Å². The largest absolute Gasteiger partial charge is 0.467 e. The fourth-order valence-electron chi connectivity index (χ4n) is 4.51. The maximum Gasteiger partial charge on any atom is 0.266 e. The highest BCUT2D eigenvalue weighted by molar-refractivity contribution is 8.26. The molecule has 0 unspecified atom stereocenters. The van der Waals surface area contributed by atoms with Crippen molar-refractivity contribution in [2.45, 2.75) is 11.4 Å². The average Bonchev–Trinajstić information content (AvgIpc) is 3.72. The van der Waals surface area contributed by atoms with Crippen LogP contribution in [0.15, 0.2) is 93.4 Å². The molecule has 12 heteroatoms. The summed E-state index contributed by atoms with van der Waals surface area (Å²) in [6.07, 6.45) is 5.14. The molecule has 2 fully saturated rings. The standard InChI is InChI=1S/C28H24N4O5S3/c33-27-25(39-28(38)31(27)19-23-9-5-13-37-23)17-21-18-32(22-7-2-1-3-8-22)29-26(21)20-6-4-10-24(16-20)40(34,35)30-11-14-36-15-12-30/h1-10,13,16-18H,11-12,14-15,19H2. The van der Waals surface area contributed by atoms with Crippen molar-refractivity contribution < 1.29 is 22.4 Å². The van der Waals surface area contributed by atoms with E-state index >= 15 is 0 Å². The summed E-state index contributed by atoms with van der Waals surface area (Å²) < 4.78 is 41.0. The summed E-state index contributed by atoms with van der Waals surface area (Å²) in [6.45, 7) is 1.58. The number of furan rings is 1. The van der Waals surface area contributed by atoms with E-state index in [4.69, 9.17) is 26.5 Å². The van der Waals surface area contributed by atoms with Gasteiger partial charge in [0.15, 0.2) is 0 Å². The molecule has 6 rings (SSSR count). The normalized spacial score (nSPS) is 17.7. The van der Waals surface area contributed by atoms with E-state index in [1.165, 1.54) is 21.0 Å². The predicted molar refractivity (Wildman–Crippen MR) is 156 cm³/mol. The van der Waals surface area contributed by atoms with Gasteiger partial charge in [0.2, 0.25) is 10.0 Å². The Morgan fingerprint density at radius 3 is 2.58 bits per heavy atom. The summed E-state index contributed by atoms with van der Waals surface area (Å²) in [5.74, 6) is 0.405. The van der Waals surface area contributed by atoms with Gasteiger partial charge < -0.3 is 9.15 Å². The number of aromatic nitrogens is 2. The van der Waals surface area contributed by atoms with Gasteiger partial charge in [-0.2, -0.15) is 9.40 Å². The van der Waals surface area contributed by atoms with Crippen molar-refractivity contribution in [3.8, 4) is 16.9 Å². The summed E-state index contributed by atoms with van der Waals surface area (Å²) in [6, 6.07) is 19.9. The Morgan fingerprint density at radius 2 is 1.82 bits per heavy atom. The highest BCUT2D eigenvalue weighted by atomic mass is 32.2. The second-order valence-electron chi connectivity index (χ2n) is 9.10. The van der Waals surface area contributed by atoms with Crippen molar-refractivity contribution >= 4 is 50.3 Å². The van der Waals surface area contributed by atoms with Gasteiger partial charge in [0, 0.05) is 30.4 Å². The second-order valence-corrected chi connectivity index (χ2v) is 12.7. The topological polar surface area (TPSA) is 97.9 Å². The summed E-state index contributed by atoms with van der Waals surface area (Å²) in [7, 11) is -3.71.